The summed E-state index contributed by atoms with van der Waals surface area (Å²) in [4.78, 5) is 30.1. The standard InChI is InChI=1S/C34H37NO8/c1-19(36)40-26-16-24-32(2,13-12-25-33(24,3)18-39-31(42-25)20-9-6-5-7-10-20)29-28(37)27-23(43-34(26,29)4)15-22(41-30(27)38)21-11-8-14-35-17-21/h5-11,14-15,17,24-26,28-29,31,37H,12-13,16,18H2,1-4H3/t24?,25-,26-,28?,29?,31+,32-,33-,34+/m0/s1. The van der Waals surface area contributed by atoms with Gasteiger partial charge in [-0.05, 0) is 49.7 Å². The maximum atomic E-state index is 13.5. The van der Waals surface area contributed by atoms with Gasteiger partial charge in [-0.3, -0.25) is 9.78 Å². The highest BCUT2D eigenvalue weighted by molar-refractivity contribution is 5.66. The van der Waals surface area contributed by atoms with Gasteiger partial charge in [0, 0.05) is 47.8 Å². The monoisotopic (exact) mass is 587 g/mol. The fourth-order valence-corrected chi connectivity index (χ4v) is 8.84. The van der Waals surface area contributed by atoms with Gasteiger partial charge in [0.1, 0.15) is 28.8 Å². The highest BCUT2D eigenvalue weighted by Crippen LogP contribution is 2.68. The second-order valence-electron chi connectivity index (χ2n) is 13.2. The third kappa shape index (κ3) is 4.27. The van der Waals surface area contributed by atoms with E-state index in [-0.39, 0.29) is 29.1 Å². The molecule has 0 bridgehead atoms. The molecule has 0 radical (unpaired) electrons. The number of carbonyl (C=O) groups excluding carboxylic acids is 1. The third-order valence-electron chi connectivity index (χ3n) is 10.7. The number of esters is 1. The van der Waals surface area contributed by atoms with Crippen LogP contribution in [-0.2, 0) is 19.0 Å². The topological polar surface area (TPSA) is 117 Å². The van der Waals surface area contributed by atoms with E-state index in [0.29, 0.717) is 18.6 Å². The Morgan fingerprint density at radius 2 is 1.88 bits per heavy atom. The number of pyridine rings is 1. The van der Waals surface area contributed by atoms with Gasteiger partial charge in [0.05, 0.1) is 18.8 Å². The fourth-order valence-electron chi connectivity index (χ4n) is 8.84. The van der Waals surface area contributed by atoms with E-state index in [1.807, 2.05) is 37.3 Å². The summed E-state index contributed by atoms with van der Waals surface area (Å²) < 4.78 is 31.4. The van der Waals surface area contributed by atoms with Crippen molar-refractivity contribution in [3.63, 3.8) is 0 Å². The van der Waals surface area contributed by atoms with Crippen LogP contribution in [0, 0.1) is 22.7 Å². The first kappa shape index (κ1) is 28.3. The van der Waals surface area contributed by atoms with Crippen molar-refractivity contribution in [3.05, 3.63) is 82.5 Å². The molecule has 1 N–H and O–H groups in total. The Morgan fingerprint density at radius 1 is 1.09 bits per heavy atom. The van der Waals surface area contributed by atoms with Gasteiger partial charge in [0.25, 0.3) is 0 Å². The van der Waals surface area contributed by atoms with Crippen molar-refractivity contribution in [1.82, 2.24) is 4.98 Å². The molecule has 226 valence electrons. The largest absolute Gasteiger partial charge is 0.482 e. The average Bonchev–Trinajstić information content (AvgIpc) is 2.98. The molecule has 2 aliphatic carbocycles. The molecule has 4 aliphatic rings. The molecule has 3 unspecified atom stereocenters. The van der Waals surface area contributed by atoms with E-state index in [9.17, 15) is 14.7 Å². The Balaban J connectivity index is 1.30. The molecule has 7 rings (SSSR count). The predicted molar refractivity (Wildman–Crippen MR) is 155 cm³/mol. The summed E-state index contributed by atoms with van der Waals surface area (Å²) in [6.45, 7) is 8.06. The van der Waals surface area contributed by atoms with Crippen LogP contribution in [-0.4, -0.2) is 40.5 Å². The summed E-state index contributed by atoms with van der Waals surface area (Å²) >= 11 is 0. The van der Waals surface area contributed by atoms with Gasteiger partial charge in [-0.25, -0.2) is 4.79 Å². The number of carbonyl (C=O) groups is 1. The number of rotatable bonds is 3. The molecule has 0 amide bonds. The van der Waals surface area contributed by atoms with Crippen LogP contribution in [0.1, 0.15) is 70.5 Å². The van der Waals surface area contributed by atoms with Crippen LogP contribution in [0.15, 0.2) is 70.1 Å². The fraction of sp³-hybridized carbons (Fsp3) is 0.500. The minimum absolute atomic E-state index is 0.0700. The lowest BCUT2D eigenvalue weighted by atomic mass is 9.42. The van der Waals surface area contributed by atoms with E-state index in [1.165, 1.54) is 6.92 Å². The maximum Gasteiger partial charge on any atom is 0.345 e. The lowest BCUT2D eigenvalue weighted by molar-refractivity contribution is -0.330. The molecule has 0 spiro atoms. The van der Waals surface area contributed by atoms with E-state index in [2.05, 4.69) is 18.8 Å². The van der Waals surface area contributed by atoms with Crippen molar-refractivity contribution in [2.24, 2.45) is 22.7 Å². The summed E-state index contributed by atoms with van der Waals surface area (Å²) in [5.74, 6) is -0.561. The molecule has 9 nitrogen and oxygen atoms in total. The molecule has 43 heavy (non-hydrogen) atoms. The molecule has 2 aromatic heterocycles. The van der Waals surface area contributed by atoms with E-state index in [4.69, 9.17) is 23.4 Å². The van der Waals surface area contributed by atoms with Crippen LogP contribution >= 0.6 is 0 Å². The number of aliphatic hydroxyl groups excluding tert-OH is 1. The van der Waals surface area contributed by atoms with Gasteiger partial charge in [0.15, 0.2) is 6.29 Å². The molecule has 3 fully saturated rings. The number of aromatic nitrogens is 1. The highest BCUT2D eigenvalue weighted by atomic mass is 16.7. The number of ether oxygens (including phenoxy) is 4. The Hall–Kier alpha value is -3.53. The van der Waals surface area contributed by atoms with Crippen LogP contribution in [0.3, 0.4) is 0 Å². The van der Waals surface area contributed by atoms with Crippen LogP contribution in [0.2, 0.25) is 0 Å². The number of nitrogens with zero attached hydrogens (tertiary/aromatic N) is 1. The van der Waals surface area contributed by atoms with Crippen molar-refractivity contribution in [2.75, 3.05) is 6.61 Å². The zero-order valence-corrected chi connectivity index (χ0v) is 24.8. The minimum Gasteiger partial charge on any atom is -0.482 e. The molecule has 9 atom stereocenters. The summed E-state index contributed by atoms with van der Waals surface area (Å²) in [5.41, 5.74) is -1.05. The quantitative estimate of drug-likeness (QED) is 0.403. The first-order valence-electron chi connectivity index (χ1n) is 15.0. The molecule has 1 saturated heterocycles. The summed E-state index contributed by atoms with van der Waals surface area (Å²) in [6.07, 6.45) is 2.73. The number of hydrogen-bond acceptors (Lipinski definition) is 9. The second kappa shape index (κ2) is 10.0. The van der Waals surface area contributed by atoms with Crippen LogP contribution in [0.5, 0.6) is 5.75 Å². The lowest BCUT2D eigenvalue weighted by Crippen LogP contribution is -2.71. The highest BCUT2D eigenvalue weighted by Gasteiger charge is 2.71. The van der Waals surface area contributed by atoms with Crippen molar-refractivity contribution >= 4 is 5.97 Å². The number of aliphatic hydroxyl groups is 1. The van der Waals surface area contributed by atoms with Crippen molar-refractivity contribution in [3.8, 4) is 17.1 Å². The molecule has 9 heteroatoms. The molecule has 2 aliphatic heterocycles. The van der Waals surface area contributed by atoms with E-state index < -0.39 is 52.4 Å². The summed E-state index contributed by atoms with van der Waals surface area (Å²) in [6, 6.07) is 15.1. The maximum absolute atomic E-state index is 13.5. The zero-order chi connectivity index (χ0) is 30.1. The first-order chi connectivity index (χ1) is 20.5. The predicted octanol–water partition coefficient (Wildman–Crippen LogP) is 5.37. The number of benzene rings is 1. The van der Waals surface area contributed by atoms with Gasteiger partial charge in [0.2, 0.25) is 0 Å². The van der Waals surface area contributed by atoms with E-state index in [1.54, 1.807) is 30.6 Å². The zero-order valence-electron chi connectivity index (χ0n) is 24.8. The van der Waals surface area contributed by atoms with Gasteiger partial charge in [-0.1, -0.05) is 44.2 Å². The Kier molecular flexibility index (Phi) is 6.57. The van der Waals surface area contributed by atoms with Crippen LogP contribution in [0.4, 0.5) is 0 Å². The normalized spacial score (nSPS) is 38.0. The van der Waals surface area contributed by atoms with Gasteiger partial charge in [-0.2, -0.15) is 0 Å². The average molecular weight is 588 g/mol. The molecule has 3 aromatic rings. The Bertz CT molecular complexity index is 1590. The van der Waals surface area contributed by atoms with Crippen molar-refractivity contribution < 1.29 is 33.3 Å². The minimum atomic E-state index is -1.21. The summed E-state index contributed by atoms with van der Waals surface area (Å²) in [7, 11) is 0. The van der Waals surface area contributed by atoms with Crippen LogP contribution < -0.4 is 10.4 Å². The molecule has 1 aromatic carbocycles. The molecular weight excluding hydrogens is 550 g/mol. The SMILES string of the molecule is CC(=O)O[C@H]1CC2[C@](C)(CC[C@@H]3O[C@H](c4ccccc4)OC[C@@]23C)C2C(O)c3c(cc(-c4cccnc4)oc3=O)O[C@@]21C. The Labute approximate surface area is 250 Å². The van der Waals surface area contributed by atoms with E-state index >= 15 is 0 Å². The van der Waals surface area contributed by atoms with Gasteiger partial charge < -0.3 is 28.5 Å². The third-order valence-corrected chi connectivity index (χ3v) is 10.7. The smallest absolute Gasteiger partial charge is 0.345 e. The van der Waals surface area contributed by atoms with Crippen molar-refractivity contribution in [1.29, 1.82) is 0 Å². The number of fused-ring (bicyclic) bond motifs is 6. The van der Waals surface area contributed by atoms with Gasteiger partial charge in [-0.15, -0.1) is 0 Å². The lowest BCUT2D eigenvalue weighted by Gasteiger charge is -2.67. The van der Waals surface area contributed by atoms with Gasteiger partial charge >= 0.3 is 11.6 Å². The Morgan fingerprint density at radius 3 is 2.60 bits per heavy atom. The van der Waals surface area contributed by atoms with Crippen molar-refractivity contribution in [2.45, 2.75) is 77.2 Å². The first-order valence-corrected chi connectivity index (χ1v) is 15.0. The number of hydrogen-bond donors (Lipinski definition) is 1. The molecule has 4 heterocycles. The molecular formula is C34H37NO8. The van der Waals surface area contributed by atoms with E-state index in [0.717, 1.165) is 18.4 Å². The van der Waals surface area contributed by atoms with Crippen LogP contribution in [0.25, 0.3) is 11.3 Å². The summed E-state index contributed by atoms with van der Waals surface area (Å²) in [5, 5.41) is 12.1. The molecule has 2 saturated carbocycles. The second-order valence-corrected chi connectivity index (χ2v) is 13.2.